The van der Waals surface area contributed by atoms with Gasteiger partial charge in [0.2, 0.25) is 0 Å². The van der Waals surface area contributed by atoms with E-state index in [-0.39, 0.29) is 23.9 Å². The molecule has 1 aromatic heterocycles. The van der Waals surface area contributed by atoms with Crippen LogP contribution in [0.3, 0.4) is 0 Å². The lowest BCUT2D eigenvalue weighted by molar-refractivity contribution is 0.0936. The lowest BCUT2D eigenvalue weighted by Crippen LogP contribution is -2.37. The first-order chi connectivity index (χ1) is 13.0. The topological polar surface area (TPSA) is 62.3 Å². The standard InChI is InChI=1S/C21H23N3O2S/c1-13(2)24-17-10-9-14(19(25)23-15-6-3-4-7-15)12-18(17)27-20-16(21(24)26)8-5-11-22-20/h5,8-13,15H,3-4,6-7H2,1-2H3,(H,23,25). The number of anilines is 1. The van der Waals surface area contributed by atoms with Crippen molar-refractivity contribution in [3.05, 3.63) is 47.7 Å². The molecule has 1 fully saturated rings. The van der Waals surface area contributed by atoms with Crippen molar-refractivity contribution in [2.24, 2.45) is 0 Å². The van der Waals surface area contributed by atoms with E-state index in [0.717, 1.165) is 23.4 Å². The number of nitrogens with one attached hydrogen (secondary N) is 1. The summed E-state index contributed by atoms with van der Waals surface area (Å²) in [6.07, 6.45) is 6.16. The molecule has 6 heteroatoms. The summed E-state index contributed by atoms with van der Waals surface area (Å²) in [5.41, 5.74) is 2.06. The van der Waals surface area contributed by atoms with Gasteiger partial charge in [-0.15, -0.1) is 0 Å². The van der Waals surface area contributed by atoms with Crippen molar-refractivity contribution < 1.29 is 9.59 Å². The van der Waals surface area contributed by atoms with Crippen molar-refractivity contribution in [1.29, 1.82) is 0 Å². The second-order valence-electron chi connectivity index (χ2n) is 7.36. The molecular weight excluding hydrogens is 358 g/mol. The molecule has 1 aliphatic heterocycles. The molecule has 1 N–H and O–H groups in total. The Bertz CT molecular complexity index is 891. The van der Waals surface area contributed by atoms with Gasteiger partial charge in [0.05, 0.1) is 11.3 Å². The van der Waals surface area contributed by atoms with E-state index in [4.69, 9.17) is 0 Å². The van der Waals surface area contributed by atoms with Crippen molar-refractivity contribution in [2.75, 3.05) is 4.90 Å². The molecule has 4 rings (SSSR count). The molecule has 1 saturated carbocycles. The van der Waals surface area contributed by atoms with Gasteiger partial charge in [0.25, 0.3) is 11.8 Å². The fourth-order valence-electron chi connectivity index (χ4n) is 3.77. The van der Waals surface area contributed by atoms with Crippen LogP contribution in [0.15, 0.2) is 46.5 Å². The van der Waals surface area contributed by atoms with E-state index in [1.54, 1.807) is 17.2 Å². The van der Waals surface area contributed by atoms with E-state index >= 15 is 0 Å². The molecule has 2 heterocycles. The summed E-state index contributed by atoms with van der Waals surface area (Å²) in [6, 6.07) is 9.46. The number of nitrogens with zero attached hydrogens (tertiary/aromatic N) is 2. The molecule has 0 atom stereocenters. The molecule has 0 saturated heterocycles. The number of rotatable bonds is 3. The van der Waals surface area contributed by atoms with Crippen LogP contribution in [0.5, 0.6) is 0 Å². The van der Waals surface area contributed by atoms with Gasteiger partial charge in [0.1, 0.15) is 5.03 Å². The van der Waals surface area contributed by atoms with E-state index < -0.39 is 0 Å². The first kappa shape index (κ1) is 18.0. The number of pyridine rings is 1. The lowest BCUT2D eigenvalue weighted by Gasteiger charge is -2.27. The first-order valence-electron chi connectivity index (χ1n) is 9.46. The molecule has 27 heavy (non-hydrogen) atoms. The summed E-state index contributed by atoms with van der Waals surface area (Å²) in [7, 11) is 0. The second-order valence-corrected chi connectivity index (χ2v) is 8.40. The van der Waals surface area contributed by atoms with E-state index in [1.807, 2.05) is 38.1 Å². The van der Waals surface area contributed by atoms with Crippen LogP contribution in [0, 0.1) is 0 Å². The normalized spacial score (nSPS) is 16.9. The predicted molar refractivity (Wildman–Crippen MR) is 106 cm³/mol. The Hall–Kier alpha value is -2.34. The Morgan fingerprint density at radius 3 is 2.78 bits per heavy atom. The van der Waals surface area contributed by atoms with Crippen LogP contribution in [0.2, 0.25) is 0 Å². The lowest BCUT2D eigenvalue weighted by atomic mass is 10.1. The molecule has 0 unspecified atom stereocenters. The summed E-state index contributed by atoms with van der Waals surface area (Å²) in [4.78, 5) is 32.8. The first-order valence-corrected chi connectivity index (χ1v) is 10.3. The third-order valence-corrected chi connectivity index (χ3v) is 6.18. The molecule has 1 aromatic carbocycles. The zero-order chi connectivity index (χ0) is 19.0. The van der Waals surface area contributed by atoms with Crippen molar-refractivity contribution in [3.63, 3.8) is 0 Å². The largest absolute Gasteiger partial charge is 0.349 e. The fraction of sp³-hybridized carbons (Fsp3) is 0.381. The third kappa shape index (κ3) is 3.46. The minimum Gasteiger partial charge on any atom is -0.349 e. The van der Waals surface area contributed by atoms with Crippen molar-refractivity contribution in [3.8, 4) is 0 Å². The highest BCUT2D eigenvalue weighted by Gasteiger charge is 2.30. The van der Waals surface area contributed by atoms with Gasteiger partial charge < -0.3 is 10.2 Å². The fourth-order valence-corrected chi connectivity index (χ4v) is 4.81. The third-order valence-electron chi connectivity index (χ3n) is 5.12. The van der Waals surface area contributed by atoms with Crippen LogP contribution < -0.4 is 10.2 Å². The highest BCUT2D eigenvalue weighted by molar-refractivity contribution is 7.99. The molecule has 2 aromatic rings. The maximum Gasteiger partial charge on any atom is 0.261 e. The Kier molecular flexibility index (Phi) is 4.91. The minimum absolute atomic E-state index is 0.00108. The quantitative estimate of drug-likeness (QED) is 0.862. The zero-order valence-electron chi connectivity index (χ0n) is 15.6. The average molecular weight is 382 g/mol. The Morgan fingerprint density at radius 2 is 2.04 bits per heavy atom. The summed E-state index contributed by atoms with van der Waals surface area (Å²) in [5.74, 6) is -0.0966. The monoisotopic (exact) mass is 381 g/mol. The number of carbonyl (C=O) groups is 2. The summed E-state index contributed by atoms with van der Waals surface area (Å²) in [6.45, 7) is 3.99. The molecule has 2 aliphatic rings. The number of benzene rings is 1. The van der Waals surface area contributed by atoms with Gasteiger partial charge in [-0.2, -0.15) is 0 Å². The van der Waals surface area contributed by atoms with Crippen LogP contribution >= 0.6 is 11.8 Å². The molecule has 0 spiro atoms. The molecule has 1 aliphatic carbocycles. The van der Waals surface area contributed by atoms with Gasteiger partial charge in [0, 0.05) is 28.7 Å². The van der Waals surface area contributed by atoms with Crippen LogP contribution in [-0.2, 0) is 0 Å². The van der Waals surface area contributed by atoms with Crippen molar-refractivity contribution in [2.45, 2.75) is 61.5 Å². The van der Waals surface area contributed by atoms with Crippen LogP contribution in [0.4, 0.5) is 5.69 Å². The highest BCUT2D eigenvalue weighted by Crippen LogP contribution is 2.41. The number of aromatic nitrogens is 1. The molecular formula is C21H23N3O2S. The SMILES string of the molecule is CC(C)N1C(=O)c2cccnc2Sc2cc(C(=O)NC3CCCC3)ccc21. The molecule has 2 amide bonds. The minimum atomic E-state index is -0.0532. The van der Waals surface area contributed by atoms with Crippen molar-refractivity contribution in [1.82, 2.24) is 10.3 Å². The number of hydrogen-bond acceptors (Lipinski definition) is 4. The highest BCUT2D eigenvalue weighted by atomic mass is 32.2. The van der Waals surface area contributed by atoms with E-state index in [2.05, 4.69) is 10.3 Å². The van der Waals surface area contributed by atoms with Gasteiger partial charge in [0.15, 0.2) is 0 Å². The molecule has 5 nitrogen and oxygen atoms in total. The van der Waals surface area contributed by atoms with E-state index in [1.165, 1.54) is 24.6 Å². The number of carbonyl (C=O) groups excluding carboxylic acids is 2. The molecule has 140 valence electrons. The number of hydrogen-bond donors (Lipinski definition) is 1. The van der Waals surface area contributed by atoms with Crippen LogP contribution in [0.1, 0.15) is 60.2 Å². The Labute approximate surface area is 163 Å². The van der Waals surface area contributed by atoms with Gasteiger partial charge in [-0.05, 0) is 57.0 Å². The van der Waals surface area contributed by atoms with Gasteiger partial charge in [-0.1, -0.05) is 24.6 Å². The maximum absolute atomic E-state index is 13.1. The second kappa shape index (κ2) is 7.35. The molecule has 0 bridgehead atoms. The van der Waals surface area contributed by atoms with Crippen LogP contribution in [-0.4, -0.2) is 28.9 Å². The van der Waals surface area contributed by atoms with Gasteiger partial charge in [-0.25, -0.2) is 4.98 Å². The van der Waals surface area contributed by atoms with E-state index in [9.17, 15) is 9.59 Å². The van der Waals surface area contributed by atoms with Gasteiger partial charge in [-0.3, -0.25) is 9.59 Å². The van der Waals surface area contributed by atoms with Crippen molar-refractivity contribution >= 4 is 29.3 Å². The number of fused-ring (bicyclic) bond motifs is 2. The summed E-state index contributed by atoms with van der Waals surface area (Å²) < 4.78 is 0. The maximum atomic E-state index is 13.1. The summed E-state index contributed by atoms with van der Waals surface area (Å²) >= 11 is 1.45. The Balaban J connectivity index is 1.72. The predicted octanol–water partition coefficient (Wildman–Crippen LogP) is 4.27. The number of amides is 2. The Morgan fingerprint density at radius 1 is 1.26 bits per heavy atom. The van der Waals surface area contributed by atoms with Crippen LogP contribution in [0.25, 0.3) is 0 Å². The average Bonchev–Trinajstić information content (AvgIpc) is 3.11. The van der Waals surface area contributed by atoms with E-state index in [0.29, 0.717) is 16.2 Å². The smallest absolute Gasteiger partial charge is 0.261 e. The summed E-state index contributed by atoms with van der Waals surface area (Å²) in [5, 5.41) is 3.82. The molecule has 0 radical (unpaired) electrons. The zero-order valence-corrected chi connectivity index (χ0v) is 16.4. The van der Waals surface area contributed by atoms with Gasteiger partial charge >= 0.3 is 0 Å².